The second-order valence-electron chi connectivity index (χ2n) is 4.99. The molecule has 0 bridgehead atoms. The van der Waals surface area contributed by atoms with Gasteiger partial charge in [0.25, 0.3) is 0 Å². The molecule has 0 spiro atoms. The van der Waals surface area contributed by atoms with Gasteiger partial charge in [-0.3, -0.25) is 0 Å². The summed E-state index contributed by atoms with van der Waals surface area (Å²) in [5.74, 6) is 0.681. The maximum atomic E-state index is 6.18. The van der Waals surface area contributed by atoms with Crippen molar-refractivity contribution in [2.75, 3.05) is 6.61 Å². The van der Waals surface area contributed by atoms with Gasteiger partial charge < -0.3 is 10.5 Å². The monoisotopic (exact) mass is 181 g/mol. The lowest BCUT2D eigenvalue weighted by Gasteiger charge is -2.20. The summed E-state index contributed by atoms with van der Waals surface area (Å²) in [6.45, 7) is 5.45. The zero-order chi connectivity index (χ0) is 9.47. The van der Waals surface area contributed by atoms with Gasteiger partial charge in [0.1, 0.15) is 0 Å². The van der Waals surface area contributed by atoms with Crippen LogP contribution in [-0.2, 0) is 4.74 Å². The quantitative estimate of drug-likeness (QED) is 0.707. The van der Waals surface area contributed by atoms with Gasteiger partial charge in [-0.2, -0.15) is 0 Å². The van der Waals surface area contributed by atoms with Gasteiger partial charge in [-0.05, 0) is 36.2 Å². The summed E-state index contributed by atoms with van der Waals surface area (Å²) in [5, 5.41) is 0. The van der Waals surface area contributed by atoms with Crippen LogP contribution in [0, 0.1) is 11.3 Å². The third-order valence-corrected chi connectivity index (χ3v) is 3.41. The molecule has 2 atom stereocenters. The molecule has 2 rings (SSSR count). The second kappa shape index (κ2) is 3.02. The average Bonchev–Trinajstić information content (AvgIpc) is 2.76. The number of nitrogens with two attached hydrogens (primary N) is 1. The second-order valence-corrected chi connectivity index (χ2v) is 4.99. The lowest BCUT2D eigenvalue weighted by Crippen LogP contribution is -2.28. The van der Waals surface area contributed by atoms with Crippen LogP contribution in [0.25, 0.3) is 0 Å². The van der Waals surface area contributed by atoms with E-state index in [9.17, 15) is 0 Å². The van der Waals surface area contributed by atoms with Gasteiger partial charge in [0.15, 0.2) is 0 Å². The minimum absolute atomic E-state index is 0.246. The third-order valence-electron chi connectivity index (χ3n) is 3.41. The lowest BCUT2D eigenvalue weighted by molar-refractivity contribution is 0.219. The van der Waals surface area contributed by atoms with E-state index in [-0.39, 0.29) is 6.04 Å². The van der Waals surface area contributed by atoms with Crippen molar-refractivity contribution in [3.63, 3.8) is 0 Å². The Bertz CT molecular complexity index is 232. The van der Waals surface area contributed by atoms with Crippen molar-refractivity contribution < 1.29 is 4.74 Å². The minimum atomic E-state index is 0.246. The Labute approximate surface area is 80.1 Å². The predicted molar refractivity (Wildman–Crippen MR) is 53.1 cm³/mol. The van der Waals surface area contributed by atoms with Crippen LogP contribution in [0.1, 0.15) is 33.1 Å². The normalized spacial score (nSPS) is 33.2. The molecule has 2 N–H and O–H groups in total. The first kappa shape index (κ1) is 9.07. The highest BCUT2D eigenvalue weighted by Crippen LogP contribution is 2.54. The minimum Gasteiger partial charge on any atom is -0.501 e. The Balaban J connectivity index is 1.97. The maximum Gasteiger partial charge on any atom is 0.0876 e. The molecule has 74 valence electrons. The molecular weight excluding hydrogens is 162 g/mol. The molecule has 0 radical (unpaired) electrons. The van der Waals surface area contributed by atoms with Crippen LogP contribution in [0.5, 0.6) is 0 Å². The molecule has 1 aliphatic heterocycles. The highest BCUT2D eigenvalue weighted by molar-refractivity contribution is 5.17. The van der Waals surface area contributed by atoms with Crippen molar-refractivity contribution in [1.82, 2.24) is 0 Å². The van der Waals surface area contributed by atoms with Gasteiger partial charge in [-0.15, -0.1) is 0 Å². The van der Waals surface area contributed by atoms with Crippen LogP contribution in [0.3, 0.4) is 0 Å². The van der Waals surface area contributed by atoms with E-state index in [1.807, 2.05) is 6.26 Å². The fraction of sp³-hybridized carbons (Fsp3) is 0.818. The summed E-state index contributed by atoms with van der Waals surface area (Å²) in [6.07, 6.45) is 5.43. The fourth-order valence-electron chi connectivity index (χ4n) is 2.21. The maximum absolute atomic E-state index is 6.18. The topological polar surface area (TPSA) is 35.2 Å². The van der Waals surface area contributed by atoms with Crippen molar-refractivity contribution in [2.24, 2.45) is 17.1 Å². The van der Waals surface area contributed by atoms with Crippen molar-refractivity contribution in [1.29, 1.82) is 0 Å². The zero-order valence-electron chi connectivity index (χ0n) is 8.55. The summed E-state index contributed by atoms with van der Waals surface area (Å²) >= 11 is 0. The van der Waals surface area contributed by atoms with Crippen molar-refractivity contribution in [3.05, 3.63) is 11.8 Å². The molecule has 0 amide bonds. The molecule has 1 aliphatic carbocycles. The van der Waals surface area contributed by atoms with Crippen LogP contribution in [0.4, 0.5) is 0 Å². The predicted octanol–water partition coefficient (Wildman–Crippen LogP) is 2.05. The number of rotatable bonds is 2. The van der Waals surface area contributed by atoms with Gasteiger partial charge in [0, 0.05) is 6.04 Å². The molecule has 2 aliphatic rings. The molecule has 0 saturated heterocycles. The Morgan fingerprint density at radius 2 is 2.31 bits per heavy atom. The largest absolute Gasteiger partial charge is 0.501 e. The first-order chi connectivity index (χ1) is 6.11. The van der Waals surface area contributed by atoms with Crippen LogP contribution in [0.2, 0.25) is 0 Å². The van der Waals surface area contributed by atoms with Crippen LogP contribution >= 0.6 is 0 Å². The van der Waals surface area contributed by atoms with E-state index >= 15 is 0 Å². The Morgan fingerprint density at radius 1 is 1.62 bits per heavy atom. The Kier molecular flexibility index (Phi) is 2.11. The van der Waals surface area contributed by atoms with Crippen LogP contribution in [-0.4, -0.2) is 12.6 Å². The van der Waals surface area contributed by atoms with Crippen LogP contribution in [0.15, 0.2) is 11.8 Å². The molecule has 0 aromatic rings. The SMILES string of the molecule is CC1(C)CC1C(N)C1=COCCC1. The summed E-state index contributed by atoms with van der Waals surface area (Å²) in [6, 6.07) is 0.246. The van der Waals surface area contributed by atoms with Gasteiger partial charge in [-0.1, -0.05) is 13.8 Å². The number of hydrogen-bond donors (Lipinski definition) is 1. The molecule has 0 aromatic heterocycles. The van der Waals surface area contributed by atoms with E-state index in [1.165, 1.54) is 12.0 Å². The van der Waals surface area contributed by atoms with E-state index in [2.05, 4.69) is 13.8 Å². The Hall–Kier alpha value is -0.500. The van der Waals surface area contributed by atoms with E-state index in [0.717, 1.165) is 19.4 Å². The molecule has 2 unspecified atom stereocenters. The van der Waals surface area contributed by atoms with E-state index < -0.39 is 0 Å². The van der Waals surface area contributed by atoms with E-state index in [0.29, 0.717) is 11.3 Å². The average molecular weight is 181 g/mol. The molecular formula is C11H19NO. The lowest BCUT2D eigenvalue weighted by atomic mass is 9.95. The molecule has 1 saturated carbocycles. The number of hydrogen-bond acceptors (Lipinski definition) is 2. The molecule has 2 heteroatoms. The van der Waals surface area contributed by atoms with Gasteiger partial charge >= 0.3 is 0 Å². The Morgan fingerprint density at radius 3 is 2.77 bits per heavy atom. The molecule has 13 heavy (non-hydrogen) atoms. The smallest absolute Gasteiger partial charge is 0.0876 e. The van der Waals surface area contributed by atoms with Gasteiger partial charge in [-0.25, -0.2) is 0 Å². The molecule has 2 nitrogen and oxygen atoms in total. The molecule has 0 aromatic carbocycles. The van der Waals surface area contributed by atoms with E-state index in [1.54, 1.807) is 0 Å². The summed E-state index contributed by atoms with van der Waals surface area (Å²) in [5.41, 5.74) is 7.97. The highest BCUT2D eigenvalue weighted by atomic mass is 16.5. The third kappa shape index (κ3) is 1.73. The zero-order valence-corrected chi connectivity index (χ0v) is 8.55. The fourth-order valence-corrected chi connectivity index (χ4v) is 2.21. The van der Waals surface area contributed by atoms with Crippen molar-refractivity contribution in [2.45, 2.75) is 39.2 Å². The van der Waals surface area contributed by atoms with Crippen molar-refractivity contribution in [3.8, 4) is 0 Å². The van der Waals surface area contributed by atoms with E-state index in [4.69, 9.17) is 10.5 Å². The standard InChI is InChI=1S/C11H19NO/c1-11(2)6-9(11)10(12)8-4-3-5-13-7-8/h7,9-10H,3-6,12H2,1-2H3. The van der Waals surface area contributed by atoms with Gasteiger partial charge in [0.2, 0.25) is 0 Å². The molecule has 1 heterocycles. The number of ether oxygens (including phenoxy) is 1. The van der Waals surface area contributed by atoms with Crippen molar-refractivity contribution >= 4 is 0 Å². The first-order valence-corrected chi connectivity index (χ1v) is 5.17. The highest BCUT2D eigenvalue weighted by Gasteiger charge is 2.49. The van der Waals surface area contributed by atoms with Crippen LogP contribution < -0.4 is 5.73 Å². The summed E-state index contributed by atoms with van der Waals surface area (Å²) in [4.78, 5) is 0. The van der Waals surface area contributed by atoms with Gasteiger partial charge in [0.05, 0.1) is 12.9 Å². The summed E-state index contributed by atoms with van der Waals surface area (Å²) in [7, 11) is 0. The molecule has 1 fully saturated rings. The first-order valence-electron chi connectivity index (χ1n) is 5.17. The summed E-state index contributed by atoms with van der Waals surface area (Å²) < 4.78 is 5.31.